The molecule has 1 aromatic rings. The van der Waals surface area contributed by atoms with Crippen molar-refractivity contribution in [1.82, 2.24) is 5.32 Å². The Morgan fingerprint density at radius 1 is 1.43 bits per heavy atom. The van der Waals surface area contributed by atoms with E-state index in [1.54, 1.807) is 0 Å². The van der Waals surface area contributed by atoms with Gasteiger partial charge in [-0.05, 0) is 19.4 Å². The molecule has 1 heterocycles. The van der Waals surface area contributed by atoms with Gasteiger partial charge in [-0.25, -0.2) is 0 Å². The zero-order valence-electron chi connectivity index (χ0n) is 8.84. The topological polar surface area (TPSA) is 21.3 Å². The lowest BCUT2D eigenvalue weighted by atomic mass is 9.93. The van der Waals surface area contributed by atoms with E-state index in [4.69, 9.17) is 4.74 Å². The largest absolute Gasteiger partial charge is 0.368 e. The predicted molar refractivity (Wildman–Crippen MR) is 57.4 cm³/mol. The Balaban J connectivity index is 2.28. The molecule has 0 unspecified atom stereocenters. The number of benzene rings is 1. The van der Waals surface area contributed by atoms with Gasteiger partial charge < -0.3 is 10.1 Å². The Morgan fingerprint density at radius 3 is 2.93 bits per heavy atom. The molecule has 0 radical (unpaired) electrons. The van der Waals surface area contributed by atoms with Crippen molar-refractivity contribution in [3.63, 3.8) is 0 Å². The molecular formula is C12H17NO. The van der Waals surface area contributed by atoms with E-state index in [1.807, 2.05) is 0 Å². The molecule has 1 aliphatic heterocycles. The Kier molecular flexibility index (Phi) is 2.57. The van der Waals surface area contributed by atoms with Crippen LogP contribution in [0, 0.1) is 6.92 Å². The molecule has 0 aliphatic carbocycles. The van der Waals surface area contributed by atoms with Crippen LogP contribution in [0.4, 0.5) is 0 Å². The van der Waals surface area contributed by atoms with Crippen molar-refractivity contribution in [1.29, 1.82) is 0 Å². The van der Waals surface area contributed by atoms with Crippen molar-refractivity contribution < 1.29 is 4.74 Å². The summed E-state index contributed by atoms with van der Waals surface area (Å²) in [5.74, 6) is 0. The van der Waals surface area contributed by atoms with Crippen LogP contribution in [0.25, 0.3) is 0 Å². The van der Waals surface area contributed by atoms with E-state index in [0.29, 0.717) is 0 Å². The molecule has 2 heteroatoms. The van der Waals surface area contributed by atoms with E-state index < -0.39 is 0 Å². The number of rotatable bonds is 1. The second kappa shape index (κ2) is 3.71. The van der Waals surface area contributed by atoms with Crippen LogP contribution in [0.2, 0.25) is 0 Å². The third-order valence-electron chi connectivity index (χ3n) is 2.79. The van der Waals surface area contributed by atoms with Crippen LogP contribution in [0.1, 0.15) is 18.1 Å². The van der Waals surface area contributed by atoms with Crippen molar-refractivity contribution in [2.75, 3.05) is 19.7 Å². The highest BCUT2D eigenvalue weighted by molar-refractivity contribution is 5.27. The Hall–Kier alpha value is -0.860. The minimum absolute atomic E-state index is 0.149. The van der Waals surface area contributed by atoms with E-state index in [0.717, 1.165) is 19.7 Å². The summed E-state index contributed by atoms with van der Waals surface area (Å²) in [5, 5.41) is 3.37. The van der Waals surface area contributed by atoms with Crippen LogP contribution in [0.5, 0.6) is 0 Å². The average molecular weight is 191 g/mol. The number of morpholine rings is 1. The molecule has 0 amide bonds. The van der Waals surface area contributed by atoms with E-state index in [1.165, 1.54) is 11.1 Å². The molecule has 1 aliphatic rings. The van der Waals surface area contributed by atoms with Gasteiger partial charge in [0.15, 0.2) is 0 Å². The average Bonchev–Trinajstić information content (AvgIpc) is 2.19. The standard InChI is InChI=1S/C12H17NO/c1-10-4-3-5-11(8-10)12(2)9-13-6-7-14-12/h3-5,8,13H,6-7,9H2,1-2H3/t12-/m1/s1. The molecule has 0 bridgehead atoms. The van der Waals surface area contributed by atoms with Gasteiger partial charge in [-0.15, -0.1) is 0 Å². The highest BCUT2D eigenvalue weighted by Gasteiger charge is 2.29. The summed E-state index contributed by atoms with van der Waals surface area (Å²) in [6.07, 6.45) is 0. The van der Waals surface area contributed by atoms with Crippen LogP contribution >= 0.6 is 0 Å². The summed E-state index contributed by atoms with van der Waals surface area (Å²) in [6, 6.07) is 8.55. The summed E-state index contributed by atoms with van der Waals surface area (Å²) in [4.78, 5) is 0. The number of hydrogen-bond acceptors (Lipinski definition) is 2. The number of aryl methyl sites for hydroxylation is 1. The van der Waals surface area contributed by atoms with Gasteiger partial charge in [0.25, 0.3) is 0 Å². The van der Waals surface area contributed by atoms with Crippen molar-refractivity contribution in [2.24, 2.45) is 0 Å². The minimum Gasteiger partial charge on any atom is -0.368 e. The predicted octanol–water partition coefficient (Wildman–Crippen LogP) is 1.83. The normalized spacial score (nSPS) is 27.6. The highest BCUT2D eigenvalue weighted by atomic mass is 16.5. The van der Waals surface area contributed by atoms with Crippen LogP contribution in [0.3, 0.4) is 0 Å². The maximum Gasteiger partial charge on any atom is 0.103 e. The molecular weight excluding hydrogens is 174 g/mol. The molecule has 1 fully saturated rings. The molecule has 1 saturated heterocycles. The first-order chi connectivity index (χ1) is 6.71. The van der Waals surface area contributed by atoms with Gasteiger partial charge in [0.05, 0.1) is 6.61 Å². The van der Waals surface area contributed by atoms with Gasteiger partial charge in [0.2, 0.25) is 0 Å². The maximum atomic E-state index is 5.84. The van der Waals surface area contributed by atoms with Gasteiger partial charge in [0, 0.05) is 13.1 Å². The Labute approximate surface area is 85.3 Å². The molecule has 76 valence electrons. The molecule has 1 atom stereocenters. The lowest BCUT2D eigenvalue weighted by Gasteiger charge is -2.35. The summed E-state index contributed by atoms with van der Waals surface area (Å²) >= 11 is 0. The fourth-order valence-electron chi connectivity index (χ4n) is 1.89. The molecule has 0 aromatic heterocycles. The minimum atomic E-state index is -0.149. The van der Waals surface area contributed by atoms with Crippen LogP contribution < -0.4 is 5.32 Å². The molecule has 2 rings (SSSR count). The fraction of sp³-hybridized carbons (Fsp3) is 0.500. The second-order valence-corrected chi connectivity index (χ2v) is 4.13. The van der Waals surface area contributed by atoms with E-state index >= 15 is 0 Å². The highest BCUT2D eigenvalue weighted by Crippen LogP contribution is 2.26. The van der Waals surface area contributed by atoms with Gasteiger partial charge in [-0.1, -0.05) is 29.8 Å². The fourth-order valence-corrected chi connectivity index (χ4v) is 1.89. The lowest BCUT2D eigenvalue weighted by molar-refractivity contribution is -0.0572. The SMILES string of the molecule is Cc1cccc([C@@]2(C)CNCCO2)c1. The van der Waals surface area contributed by atoms with Gasteiger partial charge >= 0.3 is 0 Å². The van der Waals surface area contributed by atoms with E-state index in [9.17, 15) is 0 Å². The van der Waals surface area contributed by atoms with Gasteiger partial charge in [-0.2, -0.15) is 0 Å². The first-order valence-electron chi connectivity index (χ1n) is 5.12. The van der Waals surface area contributed by atoms with Crippen molar-refractivity contribution in [3.05, 3.63) is 35.4 Å². The number of nitrogens with one attached hydrogen (secondary N) is 1. The Bertz CT molecular complexity index is 316. The van der Waals surface area contributed by atoms with Crippen molar-refractivity contribution in [3.8, 4) is 0 Å². The number of hydrogen-bond donors (Lipinski definition) is 1. The quantitative estimate of drug-likeness (QED) is 0.731. The zero-order chi connectivity index (χ0) is 10.0. The summed E-state index contributed by atoms with van der Waals surface area (Å²) in [5.41, 5.74) is 2.41. The van der Waals surface area contributed by atoms with Crippen LogP contribution in [0.15, 0.2) is 24.3 Å². The Morgan fingerprint density at radius 2 is 2.29 bits per heavy atom. The van der Waals surface area contributed by atoms with Crippen molar-refractivity contribution in [2.45, 2.75) is 19.4 Å². The first kappa shape index (κ1) is 9.69. The molecule has 1 N–H and O–H groups in total. The van der Waals surface area contributed by atoms with E-state index in [2.05, 4.69) is 43.4 Å². The third kappa shape index (κ3) is 1.81. The maximum absolute atomic E-state index is 5.84. The molecule has 0 spiro atoms. The number of ether oxygens (including phenoxy) is 1. The molecule has 0 saturated carbocycles. The van der Waals surface area contributed by atoms with Gasteiger partial charge in [-0.3, -0.25) is 0 Å². The molecule has 1 aromatic carbocycles. The van der Waals surface area contributed by atoms with Gasteiger partial charge in [0.1, 0.15) is 5.60 Å². The monoisotopic (exact) mass is 191 g/mol. The third-order valence-corrected chi connectivity index (χ3v) is 2.79. The van der Waals surface area contributed by atoms with E-state index in [-0.39, 0.29) is 5.60 Å². The second-order valence-electron chi connectivity index (χ2n) is 4.13. The lowest BCUT2D eigenvalue weighted by Crippen LogP contribution is -2.45. The zero-order valence-corrected chi connectivity index (χ0v) is 8.84. The first-order valence-corrected chi connectivity index (χ1v) is 5.12. The summed E-state index contributed by atoms with van der Waals surface area (Å²) in [6.45, 7) is 6.92. The summed E-state index contributed by atoms with van der Waals surface area (Å²) in [7, 11) is 0. The smallest absolute Gasteiger partial charge is 0.103 e. The summed E-state index contributed by atoms with van der Waals surface area (Å²) < 4.78 is 5.84. The van der Waals surface area contributed by atoms with Crippen LogP contribution in [-0.2, 0) is 10.3 Å². The molecule has 2 nitrogen and oxygen atoms in total. The van der Waals surface area contributed by atoms with Crippen LogP contribution in [-0.4, -0.2) is 19.7 Å². The molecule has 14 heavy (non-hydrogen) atoms. The van der Waals surface area contributed by atoms with Crippen molar-refractivity contribution >= 4 is 0 Å².